The van der Waals surface area contributed by atoms with Gasteiger partial charge in [0.2, 0.25) is 5.91 Å². The van der Waals surface area contributed by atoms with Crippen molar-refractivity contribution in [1.82, 2.24) is 9.88 Å². The lowest BCUT2D eigenvalue weighted by Crippen LogP contribution is -2.22. The molecule has 7 heteroatoms. The summed E-state index contributed by atoms with van der Waals surface area (Å²) in [7, 11) is 0.153. The van der Waals surface area contributed by atoms with Crippen molar-refractivity contribution in [3.8, 4) is 0 Å². The Morgan fingerprint density at radius 3 is 2.63 bits per heavy atom. The highest BCUT2D eigenvalue weighted by Gasteiger charge is 2.15. The molecule has 0 radical (unpaired) electrons. The molecule has 0 saturated heterocycles. The van der Waals surface area contributed by atoms with E-state index >= 15 is 0 Å². The van der Waals surface area contributed by atoms with Crippen LogP contribution < -0.4 is 0 Å². The summed E-state index contributed by atoms with van der Waals surface area (Å²) in [6, 6.07) is 0. The maximum Gasteiger partial charge on any atom is 0.222 e. The summed E-state index contributed by atoms with van der Waals surface area (Å²) >= 11 is 1.49. The fraction of sp³-hybridized carbons (Fsp3) is 0.667. The van der Waals surface area contributed by atoms with E-state index in [1.54, 1.807) is 19.5 Å². The molecule has 19 heavy (non-hydrogen) atoms. The molecular formula is C12H20N2O3S2. The van der Waals surface area contributed by atoms with Gasteiger partial charge < -0.3 is 4.90 Å². The smallest absolute Gasteiger partial charge is 0.222 e. The molecule has 1 aromatic rings. The number of aryl methyl sites for hydroxylation is 1. The number of hydrogen-bond acceptors (Lipinski definition) is 5. The molecule has 0 bridgehead atoms. The largest absolute Gasteiger partial charge is 0.349 e. The predicted octanol–water partition coefficient (Wildman–Crippen LogP) is 1.49. The van der Waals surface area contributed by atoms with Crippen molar-refractivity contribution in [2.24, 2.45) is 0 Å². The highest BCUT2D eigenvalue weighted by atomic mass is 32.2. The molecule has 0 N–H and O–H groups in total. The lowest BCUT2D eigenvalue weighted by molar-refractivity contribution is -0.128. The van der Waals surface area contributed by atoms with Crippen LogP contribution in [0.15, 0.2) is 5.38 Å². The number of carbonyl (C=O) groups excluding carboxylic acids is 1. The molecule has 0 fully saturated rings. The number of aromatic nitrogens is 1. The predicted molar refractivity (Wildman–Crippen MR) is 76.9 cm³/mol. The zero-order valence-corrected chi connectivity index (χ0v) is 13.2. The Kier molecular flexibility index (Phi) is 5.93. The number of nitrogens with zero attached hydrogens (tertiary/aromatic N) is 2. The summed E-state index contributed by atoms with van der Waals surface area (Å²) in [6.07, 6.45) is 1.45. The van der Waals surface area contributed by atoms with Crippen LogP contribution in [0.2, 0.25) is 0 Å². The zero-order valence-electron chi connectivity index (χ0n) is 11.5. The Morgan fingerprint density at radius 1 is 1.42 bits per heavy atom. The minimum atomic E-state index is -3.18. The molecule has 0 aliphatic rings. The molecule has 0 spiro atoms. The monoisotopic (exact) mass is 304 g/mol. The van der Waals surface area contributed by atoms with E-state index in [0.717, 1.165) is 11.4 Å². The van der Waals surface area contributed by atoms with Gasteiger partial charge in [-0.2, -0.15) is 0 Å². The third kappa shape index (κ3) is 5.69. The van der Waals surface area contributed by atoms with E-state index in [0.29, 0.717) is 12.1 Å². The van der Waals surface area contributed by atoms with Crippen molar-refractivity contribution >= 4 is 27.1 Å². The minimum Gasteiger partial charge on any atom is -0.349 e. The maximum absolute atomic E-state index is 11.9. The first-order valence-electron chi connectivity index (χ1n) is 6.18. The van der Waals surface area contributed by atoms with Gasteiger partial charge in [-0.3, -0.25) is 4.79 Å². The SMILES string of the molecule is CCc1nc(CS(=O)(=O)CCCC(=O)N(C)C)cs1. The van der Waals surface area contributed by atoms with Crippen LogP contribution in [-0.2, 0) is 26.8 Å². The average Bonchev–Trinajstić information content (AvgIpc) is 2.75. The third-order valence-corrected chi connectivity index (χ3v) is 5.30. The summed E-state index contributed by atoms with van der Waals surface area (Å²) in [5, 5.41) is 2.74. The third-order valence-electron chi connectivity index (χ3n) is 2.61. The molecule has 0 atom stereocenters. The van der Waals surface area contributed by atoms with Gasteiger partial charge in [0.25, 0.3) is 0 Å². The van der Waals surface area contributed by atoms with Crippen molar-refractivity contribution in [3.05, 3.63) is 16.1 Å². The van der Waals surface area contributed by atoms with E-state index in [1.807, 2.05) is 6.92 Å². The first-order chi connectivity index (χ1) is 8.84. The van der Waals surface area contributed by atoms with Gasteiger partial charge in [0.1, 0.15) is 0 Å². The molecule has 0 saturated carbocycles. The number of sulfone groups is 1. The van der Waals surface area contributed by atoms with E-state index in [2.05, 4.69) is 4.98 Å². The van der Waals surface area contributed by atoms with Crippen molar-refractivity contribution in [2.45, 2.75) is 31.9 Å². The molecule has 108 valence electrons. The molecule has 1 aromatic heterocycles. The molecule has 0 unspecified atom stereocenters. The Balaban J connectivity index is 2.46. The molecular weight excluding hydrogens is 284 g/mol. The van der Waals surface area contributed by atoms with Crippen LogP contribution in [-0.4, -0.2) is 44.1 Å². The maximum atomic E-state index is 11.9. The van der Waals surface area contributed by atoms with Crippen LogP contribution in [0.3, 0.4) is 0 Å². The van der Waals surface area contributed by atoms with E-state index in [-0.39, 0.29) is 23.8 Å². The van der Waals surface area contributed by atoms with Crippen molar-refractivity contribution in [3.63, 3.8) is 0 Å². The average molecular weight is 304 g/mol. The first-order valence-corrected chi connectivity index (χ1v) is 8.88. The summed E-state index contributed by atoms with van der Waals surface area (Å²) in [5.41, 5.74) is 0.612. The number of hydrogen-bond donors (Lipinski definition) is 0. The summed E-state index contributed by atoms with van der Waals surface area (Å²) in [6.45, 7) is 1.99. The second-order valence-corrected chi connectivity index (χ2v) is 7.70. The van der Waals surface area contributed by atoms with Gasteiger partial charge in [-0.15, -0.1) is 11.3 Å². The lowest BCUT2D eigenvalue weighted by Gasteiger charge is -2.09. The van der Waals surface area contributed by atoms with Crippen LogP contribution >= 0.6 is 11.3 Å². The first kappa shape index (κ1) is 16.1. The number of carbonyl (C=O) groups is 1. The number of amides is 1. The lowest BCUT2D eigenvalue weighted by atomic mass is 10.3. The number of rotatable bonds is 7. The highest BCUT2D eigenvalue weighted by molar-refractivity contribution is 7.90. The Hall–Kier alpha value is -0.950. The zero-order chi connectivity index (χ0) is 14.5. The summed E-state index contributed by atoms with van der Waals surface area (Å²) < 4.78 is 23.8. The molecule has 1 heterocycles. The highest BCUT2D eigenvalue weighted by Crippen LogP contribution is 2.14. The molecule has 0 aromatic carbocycles. The fourth-order valence-corrected chi connectivity index (χ4v) is 3.72. The van der Waals surface area contributed by atoms with Crippen LogP contribution in [0.5, 0.6) is 0 Å². The van der Waals surface area contributed by atoms with Gasteiger partial charge >= 0.3 is 0 Å². The van der Waals surface area contributed by atoms with Gasteiger partial charge in [0.05, 0.1) is 22.2 Å². The van der Waals surface area contributed by atoms with E-state index in [4.69, 9.17) is 0 Å². The summed E-state index contributed by atoms with van der Waals surface area (Å²) in [4.78, 5) is 17.1. The fourth-order valence-electron chi connectivity index (χ4n) is 1.54. The Bertz CT molecular complexity index is 521. The standard InChI is InChI=1S/C12H20N2O3S2/c1-4-11-13-10(8-18-11)9-19(16,17)7-5-6-12(15)14(2)3/h8H,4-7,9H2,1-3H3. The minimum absolute atomic E-state index is 0.0281. The van der Waals surface area contributed by atoms with Gasteiger partial charge in [0, 0.05) is 25.9 Å². The molecule has 1 amide bonds. The van der Waals surface area contributed by atoms with Gasteiger partial charge in [0.15, 0.2) is 9.84 Å². The van der Waals surface area contributed by atoms with E-state index in [1.165, 1.54) is 16.2 Å². The Labute approximate surface area is 118 Å². The van der Waals surface area contributed by atoms with Gasteiger partial charge in [-0.1, -0.05) is 6.92 Å². The molecule has 5 nitrogen and oxygen atoms in total. The van der Waals surface area contributed by atoms with Gasteiger partial charge in [-0.05, 0) is 12.8 Å². The van der Waals surface area contributed by atoms with Gasteiger partial charge in [-0.25, -0.2) is 13.4 Å². The molecule has 0 aliphatic carbocycles. The molecule has 1 rings (SSSR count). The second kappa shape index (κ2) is 7.00. The summed E-state index contributed by atoms with van der Waals surface area (Å²) in [5.74, 6) is -0.0391. The van der Waals surface area contributed by atoms with E-state index in [9.17, 15) is 13.2 Å². The molecule has 0 aliphatic heterocycles. The topological polar surface area (TPSA) is 67.3 Å². The Morgan fingerprint density at radius 2 is 2.11 bits per heavy atom. The van der Waals surface area contributed by atoms with Crippen LogP contribution in [0, 0.1) is 0 Å². The van der Waals surface area contributed by atoms with Crippen LogP contribution in [0.1, 0.15) is 30.5 Å². The van der Waals surface area contributed by atoms with Crippen molar-refractivity contribution < 1.29 is 13.2 Å². The normalized spacial score (nSPS) is 11.5. The van der Waals surface area contributed by atoms with Crippen molar-refractivity contribution in [1.29, 1.82) is 0 Å². The number of thiazole rings is 1. The van der Waals surface area contributed by atoms with Crippen LogP contribution in [0.25, 0.3) is 0 Å². The van der Waals surface area contributed by atoms with Crippen molar-refractivity contribution in [2.75, 3.05) is 19.8 Å². The quantitative estimate of drug-likeness (QED) is 0.765. The second-order valence-electron chi connectivity index (χ2n) is 4.57. The van der Waals surface area contributed by atoms with Crippen LogP contribution in [0.4, 0.5) is 0 Å². The van der Waals surface area contributed by atoms with E-state index < -0.39 is 9.84 Å².